The van der Waals surface area contributed by atoms with E-state index in [4.69, 9.17) is 0 Å². The first kappa shape index (κ1) is 17.5. The number of likely N-dealkylation sites (tertiary alicyclic amines) is 1. The third-order valence-electron chi connectivity index (χ3n) is 5.46. The maximum atomic E-state index is 12.9. The van der Waals surface area contributed by atoms with E-state index in [1.807, 2.05) is 40.0 Å². The van der Waals surface area contributed by atoms with Gasteiger partial charge in [0.15, 0.2) is 0 Å². The molecule has 1 unspecified atom stereocenters. The van der Waals surface area contributed by atoms with Gasteiger partial charge in [0.2, 0.25) is 5.91 Å². The third-order valence-corrected chi connectivity index (χ3v) is 5.46. The number of fused-ring (bicyclic) bond motifs is 1. The number of carbonyl (C=O) groups excluding carboxylic acids is 1. The van der Waals surface area contributed by atoms with E-state index in [1.165, 1.54) is 0 Å². The third kappa shape index (κ3) is 3.49. The minimum absolute atomic E-state index is 0.00610. The average molecular weight is 365 g/mol. The molecule has 0 N–H and O–H groups in total. The normalized spacial score (nSPS) is 16.6. The van der Waals surface area contributed by atoms with Crippen molar-refractivity contribution in [2.24, 2.45) is 5.92 Å². The van der Waals surface area contributed by atoms with Crippen molar-refractivity contribution in [2.75, 3.05) is 13.1 Å². The van der Waals surface area contributed by atoms with Crippen LogP contribution in [0.5, 0.6) is 0 Å². The van der Waals surface area contributed by atoms with Gasteiger partial charge in [0.1, 0.15) is 6.04 Å². The van der Waals surface area contributed by atoms with Crippen LogP contribution in [0.1, 0.15) is 25.8 Å². The number of nitrogens with zero attached hydrogens (tertiary/aromatic N) is 5. The molecule has 2 aromatic heterocycles. The average Bonchev–Trinajstić information content (AvgIpc) is 3.21. The smallest absolute Gasteiger partial charge is 0.259 e. The van der Waals surface area contributed by atoms with Gasteiger partial charge in [0, 0.05) is 37.4 Å². The Hall–Kier alpha value is -2.96. The van der Waals surface area contributed by atoms with Crippen LogP contribution < -0.4 is 5.56 Å². The van der Waals surface area contributed by atoms with Gasteiger partial charge >= 0.3 is 0 Å². The Kier molecular flexibility index (Phi) is 4.75. The van der Waals surface area contributed by atoms with E-state index in [0.29, 0.717) is 24.4 Å². The summed E-state index contributed by atoms with van der Waals surface area (Å²) in [5.41, 5.74) is -0.116. The molecule has 7 nitrogen and oxygen atoms in total. The second kappa shape index (κ2) is 7.34. The first-order chi connectivity index (χ1) is 13.1. The van der Waals surface area contributed by atoms with E-state index in [2.05, 4.69) is 10.3 Å². The van der Waals surface area contributed by atoms with Crippen molar-refractivity contribution in [3.05, 3.63) is 59.3 Å². The van der Waals surface area contributed by atoms with Gasteiger partial charge in [-0.05, 0) is 43.2 Å². The molecule has 1 aromatic carbocycles. The molecule has 0 saturated carbocycles. The number of pyridine rings is 1. The summed E-state index contributed by atoms with van der Waals surface area (Å²) in [6.45, 7) is 4.07. The molecule has 1 aliphatic rings. The van der Waals surface area contributed by atoms with Gasteiger partial charge in [0.05, 0.1) is 6.20 Å². The second-order valence-electron chi connectivity index (χ2n) is 7.19. The van der Waals surface area contributed by atoms with Gasteiger partial charge in [0.25, 0.3) is 5.56 Å². The van der Waals surface area contributed by atoms with Crippen LogP contribution in [-0.4, -0.2) is 43.5 Å². The van der Waals surface area contributed by atoms with Crippen LogP contribution in [-0.2, 0) is 11.3 Å². The fourth-order valence-electron chi connectivity index (χ4n) is 3.82. The fourth-order valence-corrected chi connectivity index (χ4v) is 3.82. The molecule has 140 valence electrons. The Morgan fingerprint density at radius 1 is 1.19 bits per heavy atom. The molecule has 1 saturated heterocycles. The highest BCUT2D eigenvalue weighted by molar-refractivity contribution is 5.83. The number of carbonyl (C=O) groups is 1. The summed E-state index contributed by atoms with van der Waals surface area (Å²) in [6.07, 6.45) is 7.15. The molecule has 0 radical (unpaired) electrons. The summed E-state index contributed by atoms with van der Waals surface area (Å²) < 4.78 is 3.39. The molecule has 1 amide bonds. The van der Waals surface area contributed by atoms with Gasteiger partial charge < -0.3 is 9.47 Å². The zero-order valence-corrected chi connectivity index (χ0v) is 15.4. The summed E-state index contributed by atoms with van der Waals surface area (Å²) in [4.78, 5) is 27.6. The molecule has 4 rings (SSSR count). The number of rotatable bonds is 4. The molecule has 0 bridgehead atoms. The summed E-state index contributed by atoms with van der Waals surface area (Å²) in [5.74, 6) is 0.501. The number of aromatic nitrogens is 4. The van der Waals surface area contributed by atoms with Crippen LogP contribution in [0.15, 0.2) is 53.7 Å². The minimum atomic E-state index is -0.506. The summed E-state index contributed by atoms with van der Waals surface area (Å²) in [5, 5.41) is 9.39. The van der Waals surface area contributed by atoms with E-state index in [1.54, 1.807) is 30.0 Å². The van der Waals surface area contributed by atoms with Crippen LogP contribution in [0.25, 0.3) is 10.8 Å². The van der Waals surface area contributed by atoms with Gasteiger partial charge in [-0.2, -0.15) is 0 Å². The minimum Gasteiger partial charge on any atom is -0.341 e. The SMILES string of the molecule is CC(C(=O)N1CCC(Cn2ccnn2)CC1)n1ccc2ccccc2c1=O. The highest BCUT2D eigenvalue weighted by atomic mass is 16.2. The standard InChI is InChI=1S/C20H23N5O2/c1-15(25-12-8-17-4-2-3-5-18(17)20(25)27)19(26)23-10-6-16(7-11-23)14-24-13-9-21-22-24/h2-5,8-9,12-13,15-16H,6-7,10-11,14H2,1H3. The van der Waals surface area contributed by atoms with Crippen molar-refractivity contribution < 1.29 is 4.79 Å². The van der Waals surface area contributed by atoms with Crippen molar-refractivity contribution in [2.45, 2.75) is 32.4 Å². The van der Waals surface area contributed by atoms with Crippen LogP contribution in [0, 0.1) is 5.92 Å². The topological polar surface area (TPSA) is 73.0 Å². The Balaban J connectivity index is 1.44. The molecule has 3 aromatic rings. The zero-order valence-electron chi connectivity index (χ0n) is 15.4. The maximum absolute atomic E-state index is 12.9. The summed E-state index contributed by atoms with van der Waals surface area (Å²) >= 11 is 0. The van der Waals surface area contributed by atoms with Crippen LogP contribution in [0.3, 0.4) is 0 Å². The number of piperidine rings is 1. The van der Waals surface area contributed by atoms with Crippen LogP contribution >= 0.6 is 0 Å². The second-order valence-corrected chi connectivity index (χ2v) is 7.19. The first-order valence-corrected chi connectivity index (χ1v) is 9.36. The lowest BCUT2D eigenvalue weighted by atomic mass is 9.96. The molecular weight excluding hydrogens is 342 g/mol. The Labute approximate surface area is 157 Å². The molecule has 0 aliphatic carbocycles. The van der Waals surface area contributed by atoms with Gasteiger partial charge in [-0.15, -0.1) is 5.10 Å². The predicted octanol–water partition coefficient (Wildman–Crippen LogP) is 2.09. The predicted molar refractivity (Wildman–Crippen MR) is 102 cm³/mol. The highest BCUT2D eigenvalue weighted by Gasteiger charge is 2.27. The Morgan fingerprint density at radius 2 is 1.96 bits per heavy atom. The van der Waals surface area contributed by atoms with E-state index >= 15 is 0 Å². The van der Waals surface area contributed by atoms with Crippen molar-refractivity contribution in [3.8, 4) is 0 Å². The largest absolute Gasteiger partial charge is 0.341 e. The number of hydrogen-bond donors (Lipinski definition) is 0. The van der Waals surface area contributed by atoms with E-state index in [9.17, 15) is 9.59 Å². The maximum Gasteiger partial charge on any atom is 0.259 e. The number of hydrogen-bond acceptors (Lipinski definition) is 4. The zero-order chi connectivity index (χ0) is 18.8. The fraction of sp³-hybridized carbons (Fsp3) is 0.400. The summed E-state index contributed by atoms with van der Waals surface area (Å²) in [7, 11) is 0. The molecule has 1 atom stereocenters. The highest BCUT2D eigenvalue weighted by Crippen LogP contribution is 2.21. The summed E-state index contributed by atoms with van der Waals surface area (Å²) in [6, 6.07) is 8.86. The quantitative estimate of drug-likeness (QED) is 0.710. The Morgan fingerprint density at radius 3 is 2.70 bits per heavy atom. The van der Waals surface area contributed by atoms with E-state index in [0.717, 1.165) is 24.8 Å². The first-order valence-electron chi connectivity index (χ1n) is 9.36. The lowest BCUT2D eigenvalue weighted by Gasteiger charge is -2.33. The van der Waals surface area contributed by atoms with Crippen molar-refractivity contribution >= 4 is 16.7 Å². The molecule has 7 heteroatoms. The van der Waals surface area contributed by atoms with Crippen LogP contribution in [0.4, 0.5) is 0 Å². The molecule has 1 aliphatic heterocycles. The van der Waals surface area contributed by atoms with Gasteiger partial charge in [-0.25, -0.2) is 0 Å². The van der Waals surface area contributed by atoms with Crippen LogP contribution in [0.2, 0.25) is 0 Å². The molecule has 1 fully saturated rings. The van der Waals surface area contributed by atoms with E-state index < -0.39 is 6.04 Å². The molecule has 0 spiro atoms. The van der Waals surface area contributed by atoms with Gasteiger partial charge in [-0.3, -0.25) is 14.3 Å². The molecular formula is C20H23N5O2. The van der Waals surface area contributed by atoms with Crippen molar-refractivity contribution in [1.29, 1.82) is 0 Å². The molecule has 27 heavy (non-hydrogen) atoms. The van der Waals surface area contributed by atoms with Crippen molar-refractivity contribution in [1.82, 2.24) is 24.5 Å². The lowest BCUT2D eigenvalue weighted by molar-refractivity contribution is -0.135. The van der Waals surface area contributed by atoms with Crippen molar-refractivity contribution in [3.63, 3.8) is 0 Å². The monoisotopic (exact) mass is 365 g/mol. The Bertz CT molecular complexity index is 987. The number of benzene rings is 1. The number of amides is 1. The molecule has 3 heterocycles. The van der Waals surface area contributed by atoms with Gasteiger partial charge in [-0.1, -0.05) is 23.4 Å². The van der Waals surface area contributed by atoms with E-state index in [-0.39, 0.29) is 11.5 Å². The lowest BCUT2D eigenvalue weighted by Crippen LogP contribution is -2.43.